The summed E-state index contributed by atoms with van der Waals surface area (Å²) in [6.45, 7) is 5.38. The van der Waals surface area contributed by atoms with Gasteiger partial charge in [-0.05, 0) is 37.1 Å². The van der Waals surface area contributed by atoms with Gasteiger partial charge in [-0.15, -0.1) is 0 Å². The van der Waals surface area contributed by atoms with Crippen LogP contribution in [0.25, 0.3) is 0 Å². The molecule has 0 unspecified atom stereocenters. The van der Waals surface area contributed by atoms with Gasteiger partial charge in [-0.1, -0.05) is 6.07 Å². The van der Waals surface area contributed by atoms with Crippen molar-refractivity contribution in [3.8, 4) is 11.5 Å². The number of pyridine rings is 1. The number of amides is 1. The first-order valence-electron chi connectivity index (χ1n) is 7.60. The second-order valence-electron chi connectivity index (χ2n) is 5.73. The number of aromatic nitrogens is 1. The molecule has 1 aliphatic rings. The molecule has 5 heteroatoms. The smallest absolute Gasteiger partial charge is 0.273 e. The molecule has 23 heavy (non-hydrogen) atoms. The average Bonchev–Trinajstić information content (AvgIpc) is 2.75. The number of hydrogen-bond donors (Lipinski definition) is 0. The van der Waals surface area contributed by atoms with Gasteiger partial charge in [0.1, 0.15) is 23.8 Å². The number of nitrogens with zero attached hydrogens (tertiary/aromatic N) is 2. The molecular weight excluding hydrogens is 292 g/mol. The molecule has 2 heterocycles. The average molecular weight is 312 g/mol. The molecule has 2 aromatic rings. The quantitative estimate of drug-likeness (QED) is 0.855. The number of carbonyl (C=O) groups is 1. The molecule has 0 radical (unpaired) electrons. The number of fused-ring (bicyclic) bond motifs is 1. The lowest BCUT2D eigenvalue weighted by Crippen LogP contribution is -2.33. The van der Waals surface area contributed by atoms with Gasteiger partial charge in [0.05, 0.1) is 13.7 Å². The fourth-order valence-electron chi connectivity index (χ4n) is 2.74. The molecule has 3 rings (SSSR count). The summed E-state index contributed by atoms with van der Waals surface area (Å²) >= 11 is 0. The van der Waals surface area contributed by atoms with Crippen LogP contribution in [-0.4, -0.2) is 36.1 Å². The highest BCUT2D eigenvalue weighted by atomic mass is 16.5. The van der Waals surface area contributed by atoms with Crippen LogP contribution in [0, 0.1) is 13.8 Å². The number of rotatable bonds is 2. The number of benzene rings is 1. The van der Waals surface area contributed by atoms with Crippen LogP contribution >= 0.6 is 0 Å². The molecule has 1 aromatic heterocycles. The van der Waals surface area contributed by atoms with Crippen molar-refractivity contribution in [2.45, 2.75) is 20.4 Å². The predicted molar refractivity (Wildman–Crippen MR) is 86.9 cm³/mol. The molecule has 1 amide bonds. The van der Waals surface area contributed by atoms with E-state index in [0.717, 1.165) is 28.2 Å². The van der Waals surface area contributed by atoms with Crippen LogP contribution in [0.4, 0.5) is 0 Å². The van der Waals surface area contributed by atoms with Gasteiger partial charge < -0.3 is 14.4 Å². The Hall–Kier alpha value is -2.56. The number of ether oxygens (including phenoxy) is 2. The lowest BCUT2D eigenvalue weighted by Gasteiger charge is -2.20. The van der Waals surface area contributed by atoms with E-state index in [9.17, 15) is 4.79 Å². The third-order valence-corrected chi connectivity index (χ3v) is 3.96. The van der Waals surface area contributed by atoms with Crippen molar-refractivity contribution in [3.05, 3.63) is 52.8 Å². The fourth-order valence-corrected chi connectivity index (χ4v) is 2.74. The first-order chi connectivity index (χ1) is 11.1. The summed E-state index contributed by atoms with van der Waals surface area (Å²) in [7, 11) is 1.63. The number of carbonyl (C=O) groups excluding carboxylic acids is 1. The molecule has 0 saturated heterocycles. The summed E-state index contributed by atoms with van der Waals surface area (Å²) in [4.78, 5) is 18.9. The van der Waals surface area contributed by atoms with Crippen LogP contribution < -0.4 is 9.47 Å². The van der Waals surface area contributed by atoms with E-state index < -0.39 is 0 Å². The Bertz CT molecular complexity index is 743. The zero-order chi connectivity index (χ0) is 16.4. The highest BCUT2D eigenvalue weighted by Gasteiger charge is 2.23. The van der Waals surface area contributed by atoms with Crippen molar-refractivity contribution in [2.75, 3.05) is 20.3 Å². The zero-order valence-corrected chi connectivity index (χ0v) is 13.6. The molecule has 0 aliphatic carbocycles. The van der Waals surface area contributed by atoms with Crippen LogP contribution in [0.15, 0.2) is 30.5 Å². The van der Waals surface area contributed by atoms with Crippen LogP contribution in [0.3, 0.4) is 0 Å². The third kappa shape index (κ3) is 3.13. The number of methoxy groups -OCH3 is 1. The first kappa shape index (κ1) is 15.3. The van der Waals surface area contributed by atoms with Crippen LogP contribution in [0.5, 0.6) is 11.5 Å². The summed E-state index contributed by atoms with van der Waals surface area (Å²) in [6, 6.07) is 7.66. The van der Waals surface area contributed by atoms with Gasteiger partial charge in [0.15, 0.2) is 0 Å². The summed E-state index contributed by atoms with van der Waals surface area (Å²) in [5.74, 6) is 1.46. The minimum Gasteiger partial charge on any atom is -0.497 e. The normalized spacial score (nSPS) is 13.8. The Morgan fingerprint density at radius 3 is 2.87 bits per heavy atom. The monoisotopic (exact) mass is 312 g/mol. The van der Waals surface area contributed by atoms with E-state index in [4.69, 9.17) is 9.47 Å². The second kappa shape index (κ2) is 6.28. The van der Waals surface area contributed by atoms with Gasteiger partial charge in [-0.25, -0.2) is 0 Å². The van der Waals surface area contributed by atoms with Crippen LogP contribution in [0.2, 0.25) is 0 Å². The molecule has 0 saturated carbocycles. The van der Waals surface area contributed by atoms with Crippen molar-refractivity contribution in [1.82, 2.24) is 9.88 Å². The molecule has 1 aromatic carbocycles. The maximum Gasteiger partial charge on any atom is 0.273 e. The van der Waals surface area contributed by atoms with Crippen LogP contribution in [0.1, 0.15) is 27.2 Å². The van der Waals surface area contributed by atoms with E-state index in [1.165, 1.54) is 0 Å². The van der Waals surface area contributed by atoms with E-state index in [-0.39, 0.29) is 5.91 Å². The maximum absolute atomic E-state index is 12.8. The maximum atomic E-state index is 12.8. The van der Waals surface area contributed by atoms with E-state index >= 15 is 0 Å². The van der Waals surface area contributed by atoms with E-state index in [1.807, 2.05) is 38.1 Å². The second-order valence-corrected chi connectivity index (χ2v) is 5.73. The predicted octanol–water partition coefficient (Wildman–Crippen LogP) is 2.74. The lowest BCUT2D eigenvalue weighted by molar-refractivity contribution is 0.0726. The van der Waals surface area contributed by atoms with Crippen LogP contribution in [-0.2, 0) is 6.54 Å². The molecule has 1 aliphatic heterocycles. The molecule has 5 nitrogen and oxygen atoms in total. The molecule has 0 fully saturated rings. The summed E-state index contributed by atoms with van der Waals surface area (Å²) < 4.78 is 11.0. The summed E-state index contributed by atoms with van der Waals surface area (Å²) in [5.41, 5.74) is 3.43. The number of hydrogen-bond acceptors (Lipinski definition) is 4. The van der Waals surface area contributed by atoms with Gasteiger partial charge >= 0.3 is 0 Å². The summed E-state index contributed by atoms with van der Waals surface area (Å²) in [5, 5.41) is 0. The minimum absolute atomic E-state index is 0.0604. The van der Waals surface area contributed by atoms with Crippen molar-refractivity contribution in [3.63, 3.8) is 0 Å². The molecule has 0 spiro atoms. The third-order valence-electron chi connectivity index (χ3n) is 3.96. The Labute approximate surface area is 135 Å². The Balaban J connectivity index is 1.87. The standard InChI is InChI=1S/C18H20N2O3/c1-12-8-13(2)17(19-10-12)18(21)20-6-7-23-16-9-15(22-3)5-4-14(16)11-20/h4-5,8-10H,6-7,11H2,1-3H3. The Morgan fingerprint density at radius 2 is 2.13 bits per heavy atom. The van der Waals surface area contributed by atoms with Crippen molar-refractivity contribution in [2.24, 2.45) is 0 Å². The highest BCUT2D eigenvalue weighted by Crippen LogP contribution is 2.28. The zero-order valence-electron chi connectivity index (χ0n) is 13.6. The van der Waals surface area contributed by atoms with Gasteiger partial charge in [-0.2, -0.15) is 0 Å². The molecule has 0 atom stereocenters. The molecular formula is C18H20N2O3. The largest absolute Gasteiger partial charge is 0.497 e. The first-order valence-corrected chi connectivity index (χ1v) is 7.60. The van der Waals surface area contributed by atoms with Crippen molar-refractivity contribution in [1.29, 1.82) is 0 Å². The minimum atomic E-state index is -0.0604. The Morgan fingerprint density at radius 1 is 1.30 bits per heavy atom. The van der Waals surface area contributed by atoms with E-state index in [0.29, 0.717) is 25.4 Å². The lowest BCUT2D eigenvalue weighted by atomic mass is 10.1. The van der Waals surface area contributed by atoms with Gasteiger partial charge in [0.25, 0.3) is 5.91 Å². The highest BCUT2D eigenvalue weighted by molar-refractivity contribution is 5.93. The number of aryl methyl sites for hydroxylation is 2. The van der Waals surface area contributed by atoms with Crippen molar-refractivity contribution < 1.29 is 14.3 Å². The summed E-state index contributed by atoms with van der Waals surface area (Å²) in [6.07, 6.45) is 1.73. The van der Waals surface area contributed by atoms with E-state index in [2.05, 4.69) is 4.98 Å². The Kier molecular flexibility index (Phi) is 4.19. The molecule has 0 bridgehead atoms. The topological polar surface area (TPSA) is 51.7 Å². The van der Waals surface area contributed by atoms with Crippen molar-refractivity contribution >= 4 is 5.91 Å². The van der Waals surface area contributed by atoms with Gasteiger partial charge in [0, 0.05) is 24.4 Å². The van der Waals surface area contributed by atoms with Gasteiger partial charge in [-0.3, -0.25) is 9.78 Å². The van der Waals surface area contributed by atoms with Gasteiger partial charge in [0.2, 0.25) is 0 Å². The fraction of sp³-hybridized carbons (Fsp3) is 0.333. The van der Waals surface area contributed by atoms with E-state index in [1.54, 1.807) is 18.2 Å². The SMILES string of the molecule is COc1ccc2c(c1)OCCN(C(=O)c1ncc(C)cc1C)C2. The molecule has 0 N–H and O–H groups in total. The molecule has 120 valence electrons.